The van der Waals surface area contributed by atoms with Crippen LogP contribution >= 0.6 is 0 Å². The molecule has 1 N–H and O–H groups in total. The second-order valence-corrected chi connectivity index (χ2v) is 8.49. The molecule has 0 saturated heterocycles. The zero-order valence-electron chi connectivity index (χ0n) is 15.0. The summed E-state index contributed by atoms with van der Waals surface area (Å²) in [7, 11) is -2.69. The monoisotopic (exact) mass is 401 g/mol. The number of hydrogen-bond acceptors (Lipinski definition) is 4. The van der Waals surface area contributed by atoms with E-state index in [9.17, 15) is 21.6 Å². The van der Waals surface area contributed by atoms with Crippen LogP contribution in [0.4, 0.5) is 13.2 Å². The van der Waals surface area contributed by atoms with Crippen LogP contribution in [0.15, 0.2) is 35.2 Å². The van der Waals surface area contributed by atoms with Crippen molar-refractivity contribution >= 4 is 10.0 Å². The molecule has 1 heterocycles. The average molecular weight is 401 g/mol. The summed E-state index contributed by atoms with van der Waals surface area (Å²) in [5.74, 6) is -0.851. The first-order valence-corrected chi connectivity index (χ1v) is 9.22. The summed E-state index contributed by atoms with van der Waals surface area (Å²) < 4.78 is 71.3. The van der Waals surface area contributed by atoms with Gasteiger partial charge in [0.15, 0.2) is 0 Å². The molecule has 0 radical (unpaired) electrons. The normalized spacial score (nSPS) is 12.7. The van der Waals surface area contributed by atoms with Gasteiger partial charge in [-0.2, -0.15) is 5.26 Å². The van der Waals surface area contributed by atoms with Gasteiger partial charge >= 0.3 is 6.36 Å². The number of nitriles is 1. The van der Waals surface area contributed by atoms with E-state index >= 15 is 0 Å². The predicted molar refractivity (Wildman–Crippen MR) is 92.3 cm³/mol. The first-order chi connectivity index (χ1) is 12.2. The Morgan fingerprint density at radius 2 is 1.78 bits per heavy atom. The zero-order valence-corrected chi connectivity index (χ0v) is 15.9. The van der Waals surface area contributed by atoms with Crippen molar-refractivity contribution in [3.8, 4) is 23.1 Å². The van der Waals surface area contributed by atoms with Crippen molar-refractivity contribution < 1.29 is 26.3 Å². The van der Waals surface area contributed by atoms with Gasteiger partial charge in [-0.3, -0.25) is 0 Å². The van der Waals surface area contributed by atoms with Gasteiger partial charge in [-0.05, 0) is 45.0 Å². The maximum Gasteiger partial charge on any atom is 0.573 e. The zero-order chi connectivity index (χ0) is 20.6. The smallest absolute Gasteiger partial charge is 0.404 e. The fourth-order valence-electron chi connectivity index (χ4n) is 2.47. The van der Waals surface area contributed by atoms with Crippen LogP contribution in [0.2, 0.25) is 0 Å². The molecule has 0 unspecified atom stereocenters. The quantitative estimate of drug-likeness (QED) is 0.849. The highest BCUT2D eigenvalue weighted by Crippen LogP contribution is 2.34. The van der Waals surface area contributed by atoms with Gasteiger partial charge in [0.2, 0.25) is 10.0 Å². The fraction of sp³-hybridized carbons (Fsp3) is 0.353. The Hall–Kier alpha value is -2.51. The largest absolute Gasteiger partial charge is 0.573 e. The summed E-state index contributed by atoms with van der Waals surface area (Å²) in [6.07, 6.45) is -5.07. The van der Waals surface area contributed by atoms with E-state index in [2.05, 4.69) is 9.46 Å². The number of ether oxygens (including phenoxy) is 1. The summed E-state index contributed by atoms with van der Waals surface area (Å²) in [5, 5.41) is 9.01. The number of hydrogen-bond donors (Lipinski definition) is 1. The van der Waals surface area contributed by atoms with Crippen LogP contribution in [0.25, 0.3) is 11.3 Å². The molecule has 0 amide bonds. The highest BCUT2D eigenvalue weighted by Gasteiger charge is 2.35. The Labute approximate surface area is 155 Å². The van der Waals surface area contributed by atoms with E-state index in [1.807, 2.05) is 6.07 Å². The lowest BCUT2D eigenvalue weighted by molar-refractivity contribution is -0.275. The van der Waals surface area contributed by atoms with Crippen molar-refractivity contribution in [2.45, 2.75) is 37.6 Å². The average Bonchev–Trinajstić information content (AvgIpc) is 2.83. The van der Waals surface area contributed by atoms with E-state index in [4.69, 9.17) is 5.26 Å². The van der Waals surface area contributed by atoms with Crippen LogP contribution in [0.3, 0.4) is 0 Å². The van der Waals surface area contributed by atoms with Gasteiger partial charge in [0.25, 0.3) is 0 Å². The first-order valence-electron chi connectivity index (χ1n) is 7.73. The van der Waals surface area contributed by atoms with Gasteiger partial charge in [-0.25, -0.2) is 13.1 Å². The van der Waals surface area contributed by atoms with Gasteiger partial charge in [0.1, 0.15) is 22.4 Å². The maximum atomic E-state index is 12.8. The van der Waals surface area contributed by atoms with Crippen molar-refractivity contribution in [1.29, 1.82) is 5.26 Å². The number of halogens is 3. The molecule has 0 saturated carbocycles. The van der Waals surface area contributed by atoms with Crippen LogP contribution < -0.4 is 9.46 Å². The minimum Gasteiger partial charge on any atom is -0.404 e. The molecule has 6 nitrogen and oxygen atoms in total. The summed E-state index contributed by atoms with van der Waals surface area (Å²) in [5.41, 5.74) is 0.112. The number of benzene rings is 1. The van der Waals surface area contributed by atoms with E-state index in [1.165, 1.54) is 16.7 Å². The van der Waals surface area contributed by atoms with E-state index in [-0.39, 0.29) is 5.56 Å². The Balaban J connectivity index is 2.62. The molecular formula is C17H18F3N3O3S. The van der Waals surface area contributed by atoms with Crippen molar-refractivity contribution in [1.82, 2.24) is 9.29 Å². The number of nitrogens with one attached hydrogen (secondary N) is 1. The second-order valence-electron chi connectivity index (χ2n) is 6.84. The van der Waals surface area contributed by atoms with Crippen LogP contribution in [-0.4, -0.2) is 24.9 Å². The molecule has 0 aliphatic carbocycles. The molecule has 0 spiro atoms. The third-order valence-electron chi connectivity index (χ3n) is 3.43. The molecule has 0 bridgehead atoms. The SMILES string of the molecule is Cn1c(C#N)ccc1-c1ccc(S(=O)(=O)NC(C)(C)C)c(OC(F)(F)F)c1. The molecule has 0 aliphatic rings. The first kappa shape index (κ1) is 20.8. The molecule has 146 valence electrons. The van der Waals surface area contributed by atoms with Crippen LogP contribution in [-0.2, 0) is 17.1 Å². The third-order valence-corrected chi connectivity index (χ3v) is 5.23. The molecule has 0 aliphatic heterocycles. The van der Waals surface area contributed by atoms with E-state index in [0.717, 1.165) is 12.1 Å². The molecule has 1 aromatic carbocycles. The predicted octanol–water partition coefficient (Wildman–Crippen LogP) is 3.54. The van der Waals surface area contributed by atoms with Crippen molar-refractivity contribution in [3.05, 3.63) is 36.0 Å². The topological polar surface area (TPSA) is 84.1 Å². The van der Waals surface area contributed by atoms with Gasteiger partial charge < -0.3 is 9.30 Å². The third kappa shape index (κ3) is 5.02. The lowest BCUT2D eigenvalue weighted by atomic mass is 10.1. The Morgan fingerprint density at radius 1 is 1.15 bits per heavy atom. The molecule has 0 atom stereocenters. The number of alkyl halides is 3. The van der Waals surface area contributed by atoms with Crippen molar-refractivity contribution in [3.63, 3.8) is 0 Å². The van der Waals surface area contributed by atoms with Gasteiger partial charge in [-0.1, -0.05) is 6.07 Å². The van der Waals surface area contributed by atoms with E-state index in [1.54, 1.807) is 33.9 Å². The Morgan fingerprint density at radius 3 is 2.26 bits per heavy atom. The molecule has 0 fully saturated rings. The maximum absolute atomic E-state index is 12.8. The Bertz CT molecular complexity index is 997. The van der Waals surface area contributed by atoms with E-state index < -0.39 is 32.6 Å². The van der Waals surface area contributed by atoms with Gasteiger partial charge in [0, 0.05) is 23.8 Å². The number of rotatable bonds is 4. The summed E-state index contributed by atoms with van der Waals surface area (Å²) >= 11 is 0. The van der Waals surface area contributed by atoms with Crippen LogP contribution in [0.5, 0.6) is 5.75 Å². The van der Waals surface area contributed by atoms with Crippen LogP contribution in [0.1, 0.15) is 26.5 Å². The minimum absolute atomic E-state index is 0.271. The van der Waals surface area contributed by atoms with Gasteiger partial charge in [-0.15, -0.1) is 13.2 Å². The lowest BCUT2D eigenvalue weighted by Gasteiger charge is -2.22. The molecule has 10 heteroatoms. The second kappa shape index (κ2) is 6.90. The van der Waals surface area contributed by atoms with Crippen molar-refractivity contribution in [2.75, 3.05) is 0 Å². The number of nitrogens with zero attached hydrogens (tertiary/aromatic N) is 2. The number of aromatic nitrogens is 1. The standard InChI is InChI=1S/C17H18F3N3O3S/c1-16(2,3)22-27(24,25)15-8-5-11(9-14(15)26-17(18,19)20)13-7-6-12(10-21)23(13)4/h5-9,22H,1-4H3. The molecule has 2 rings (SSSR count). The van der Waals surface area contributed by atoms with Gasteiger partial charge in [0.05, 0.1) is 0 Å². The molecule has 27 heavy (non-hydrogen) atoms. The lowest BCUT2D eigenvalue weighted by Crippen LogP contribution is -2.40. The molecule has 2 aromatic rings. The summed E-state index contributed by atoms with van der Waals surface area (Å²) in [4.78, 5) is -0.631. The van der Waals surface area contributed by atoms with E-state index in [0.29, 0.717) is 11.4 Å². The highest BCUT2D eigenvalue weighted by atomic mass is 32.2. The molecular weight excluding hydrogens is 383 g/mol. The minimum atomic E-state index is -5.07. The van der Waals surface area contributed by atoms with Crippen molar-refractivity contribution in [2.24, 2.45) is 7.05 Å². The number of sulfonamides is 1. The van der Waals surface area contributed by atoms with Crippen LogP contribution in [0, 0.1) is 11.3 Å². The highest BCUT2D eigenvalue weighted by molar-refractivity contribution is 7.89. The summed E-state index contributed by atoms with van der Waals surface area (Å²) in [6.45, 7) is 4.70. The summed E-state index contributed by atoms with van der Waals surface area (Å²) in [6, 6.07) is 8.39. The Kier molecular flexibility index (Phi) is 5.32. The molecule has 1 aromatic heterocycles. The fourth-order valence-corrected chi connectivity index (χ4v) is 3.99.